The zero-order valence-electron chi connectivity index (χ0n) is 28.3. The fraction of sp³-hybridized carbons (Fsp3) is 0.0400. The molecule has 0 atom stereocenters. The van der Waals surface area contributed by atoms with Crippen LogP contribution in [0.15, 0.2) is 152 Å². The van der Waals surface area contributed by atoms with Crippen LogP contribution in [0.25, 0.3) is 115 Å². The minimum atomic E-state index is 0.989. The van der Waals surface area contributed by atoms with Gasteiger partial charge in [-0.05, 0) is 131 Å². The van der Waals surface area contributed by atoms with E-state index >= 15 is 0 Å². The number of benzene rings is 7. The Kier molecular flexibility index (Phi) is 5.64. The molecule has 0 radical (unpaired) electrons. The second-order valence-corrected chi connectivity index (χ2v) is 14.3. The molecule has 2 nitrogen and oxygen atoms in total. The summed E-state index contributed by atoms with van der Waals surface area (Å²) in [5.74, 6) is 0. The molecular weight excluding hydrogens is 629 g/mol. The van der Waals surface area contributed by atoms with E-state index in [0.29, 0.717) is 0 Å². The van der Waals surface area contributed by atoms with Crippen molar-refractivity contribution in [1.29, 1.82) is 0 Å². The van der Waals surface area contributed by atoms with E-state index in [1.165, 1.54) is 109 Å². The number of pyridine rings is 2. The average Bonchev–Trinajstić information content (AvgIpc) is 3.72. The van der Waals surface area contributed by atoms with Gasteiger partial charge in [0.25, 0.3) is 0 Å². The molecule has 0 spiro atoms. The third-order valence-electron chi connectivity index (χ3n) is 11.7. The number of fused-ring (bicyclic) bond motifs is 10. The highest BCUT2D eigenvalue weighted by Crippen LogP contribution is 2.55. The van der Waals surface area contributed by atoms with Gasteiger partial charge in [0.15, 0.2) is 0 Å². The Balaban J connectivity index is 1.43. The summed E-state index contributed by atoms with van der Waals surface area (Å²) in [4.78, 5) is 10.3. The molecule has 0 N–H and O–H groups in total. The lowest BCUT2D eigenvalue weighted by atomic mass is 9.85. The molecule has 0 unspecified atom stereocenters. The first-order valence-corrected chi connectivity index (χ1v) is 18.2. The number of aromatic nitrogens is 2. The summed E-state index contributed by atoms with van der Waals surface area (Å²) in [6, 6.07) is 49.1. The van der Waals surface area contributed by atoms with E-state index in [4.69, 9.17) is 9.97 Å². The first-order valence-electron chi connectivity index (χ1n) is 18.2. The lowest BCUT2D eigenvalue weighted by molar-refractivity contribution is 0.992. The molecular formula is C50H30N2. The molecule has 0 bridgehead atoms. The standard InChI is InChI=1S/C50H30N2/c1-2-13-29(14-3-1)32-23-24-37-45-39(27-30-15-4-5-16-31(30)44(32)45)49-48(37)47(41-21-8-10-25-51-41)40-28-38-34-18-7-6-17-33(34)35-19-12-20-36(43(35)38)46(40)50(49)42-22-9-11-26-52-42/h1-3,5-14,16-28H,4,15H2. The summed E-state index contributed by atoms with van der Waals surface area (Å²) >= 11 is 0. The van der Waals surface area contributed by atoms with Crippen LogP contribution in [0.4, 0.5) is 0 Å². The maximum absolute atomic E-state index is 5.14. The summed E-state index contributed by atoms with van der Waals surface area (Å²) in [7, 11) is 0. The van der Waals surface area contributed by atoms with Crippen LogP contribution >= 0.6 is 0 Å². The molecule has 1 aliphatic rings. The van der Waals surface area contributed by atoms with Crippen LogP contribution < -0.4 is 0 Å². The Morgan fingerprint density at radius 2 is 1.08 bits per heavy atom. The van der Waals surface area contributed by atoms with Crippen LogP contribution in [0.1, 0.15) is 17.5 Å². The highest BCUT2D eigenvalue weighted by Gasteiger charge is 2.29. The SMILES string of the molecule is C1=Cc2c(cc3c4c(-c5ccccn5)c5c(cc6c7ccccc7c7cccc5c76)c(-c5ccccn5)c4c4ccc(-c5ccccc5)c2c43)CC1. The molecule has 2 heterocycles. The molecule has 2 heteroatoms. The Morgan fingerprint density at radius 3 is 1.87 bits per heavy atom. The second-order valence-electron chi connectivity index (χ2n) is 14.3. The van der Waals surface area contributed by atoms with Crippen LogP contribution in [-0.2, 0) is 6.42 Å². The molecule has 0 saturated heterocycles. The van der Waals surface area contributed by atoms with Crippen LogP contribution in [0, 0.1) is 0 Å². The largest absolute Gasteiger partial charge is 0.256 e. The Morgan fingerprint density at radius 1 is 0.404 bits per heavy atom. The molecule has 240 valence electrons. The Labute approximate surface area is 300 Å². The predicted molar refractivity (Wildman–Crippen MR) is 221 cm³/mol. The van der Waals surface area contributed by atoms with Crippen LogP contribution in [0.3, 0.4) is 0 Å². The smallest absolute Gasteiger partial charge is 0.0714 e. The summed E-state index contributed by atoms with van der Waals surface area (Å²) in [5.41, 5.74) is 9.67. The molecule has 9 aromatic carbocycles. The van der Waals surface area contributed by atoms with Gasteiger partial charge in [0.2, 0.25) is 0 Å². The fourth-order valence-corrected chi connectivity index (χ4v) is 9.68. The zero-order chi connectivity index (χ0) is 33.9. The van der Waals surface area contributed by atoms with Crippen LogP contribution in [-0.4, -0.2) is 9.97 Å². The predicted octanol–water partition coefficient (Wildman–Crippen LogP) is 13.4. The summed E-state index contributed by atoms with van der Waals surface area (Å²) in [6.07, 6.45) is 10.7. The normalized spacial score (nSPS) is 13.2. The van der Waals surface area contributed by atoms with Crippen molar-refractivity contribution in [3.63, 3.8) is 0 Å². The molecule has 2 aromatic heterocycles. The Bertz CT molecular complexity index is 3250. The van der Waals surface area contributed by atoms with Crippen molar-refractivity contribution in [3.05, 3.63) is 163 Å². The van der Waals surface area contributed by atoms with Gasteiger partial charge in [-0.15, -0.1) is 0 Å². The Hall–Kier alpha value is -6.64. The maximum atomic E-state index is 5.14. The topological polar surface area (TPSA) is 25.8 Å². The molecule has 0 aliphatic heterocycles. The van der Waals surface area contributed by atoms with E-state index in [2.05, 4.69) is 133 Å². The van der Waals surface area contributed by atoms with Crippen molar-refractivity contribution >= 4 is 81.5 Å². The van der Waals surface area contributed by atoms with Crippen LogP contribution in [0.5, 0.6) is 0 Å². The minimum absolute atomic E-state index is 0.989. The molecule has 0 amide bonds. The third kappa shape index (κ3) is 3.63. The fourth-order valence-electron chi connectivity index (χ4n) is 9.68. The van der Waals surface area contributed by atoms with E-state index in [9.17, 15) is 0 Å². The molecule has 52 heavy (non-hydrogen) atoms. The quantitative estimate of drug-likeness (QED) is 0.177. The van der Waals surface area contributed by atoms with Gasteiger partial charge in [-0.25, -0.2) is 0 Å². The zero-order valence-corrected chi connectivity index (χ0v) is 28.3. The van der Waals surface area contributed by atoms with Gasteiger partial charge in [0, 0.05) is 39.7 Å². The summed E-state index contributed by atoms with van der Waals surface area (Å²) in [6.45, 7) is 0. The van der Waals surface area contributed by atoms with Crippen molar-refractivity contribution < 1.29 is 0 Å². The number of nitrogens with zero attached hydrogens (tertiary/aromatic N) is 2. The van der Waals surface area contributed by atoms with Gasteiger partial charge >= 0.3 is 0 Å². The molecule has 11 aromatic rings. The van der Waals surface area contributed by atoms with Crippen LogP contribution in [0.2, 0.25) is 0 Å². The van der Waals surface area contributed by atoms with Gasteiger partial charge in [-0.1, -0.05) is 109 Å². The third-order valence-corrected chi connectivity index (χ3v) is 11.7. The molecule has 1 aliphatic carbocycles. The highest BCUT2D eigenvalue weighted by molar-refractivity contribution is 6.45. The monoisotopic (exact) mass is 658 g/mol. The van der Waals surface area contributed by atoms with Crippen molar-refractivity contribution in [2.45, 2.75) is 12.8 Å². The van der Waals surface area contributed by atoms with Crippen molar-refractivity contribution in [1.82, 2.24) is 9.97 Å². The number of allylic oxidation sites excluding steroid dienone is 1. The minimum Gasteiger partial charge on any atom is -0.256 e. The highest BCUT2D eigenvalue weighted by atomic mass is 14.7. The van der Waals surface area contributed by atoms with E-state index in [0.717, 1.165) is 24.2 Å². The second kappa shape index (κ2) is 10.4. The number of rotatable bonds is 3. The van der Waals surface area contributed by atoms with E-state index < -0.39 is 0 Å². The van der Waals surface area contributed by atoms with E-state index in [1.54, 1.807) is 0 Å². The molecule has 0 fully saturated rings. The number of hydrogen-bond acceptors (Lipinski definition) is 2. The number of hydrogen-bond donors (Lipinski definition) is 0. The number of aryl methyl sites for hydroxylation is 1. The van der Waals surface area contributed by atoms with E-state index in [1.807, 2.05) is 24.5 Å². The van der Waals surface area contributed by atoms with Gasteiger partial charge in [0.1, 0.15) is 0 Å². The van der Waals surface area contributed by atoms with Gasteiger partial charge in [-0.3, -0.25) is 9.97 Å². The molecule has 0 saturated carbocycles. The first-order chi connectivity index (χ1) is 25.8. The molecule has 12 rings (SSSR count). The lowest BCUT2D eigenvalue weighted by Crippen LogP contribution is -1.97. The van der Waals surface area contributed by atoms with Crippen molar-refractivity contribution in [2.24, 2.45) is 0 Å². The average molecular weight is 659 g/mol. The first kappa shape index (κ1) is 28.1. The summed E-state index contributed by atoms with van der Waals surface area (Å²) in [5, 5.41) is 18.0. The van der Waals surface area contributed by atoms with Gasteiger partial charge in [0.05, 0.1) is 11.4 Å². The lowest BCUT2D eigenvalue weighted by Gasteiger charge is -2.18. The van der Waals surface area contributed by atoms with Gasteiger partial charge in [-0.2, -0.15) is 0 Å². The van der Waals surface area contributed by atoms with Crippen molar-refractivity contribution in [3.8, 4) is 33.6 Å². The maximum Gasteiger partial charge on any atom is 0.0714 e. The van der Waals surface area contributed by atoms with Gasteiger partial charge < -0.3 is 0 Å². The van der Waals surface area contributed by atoms with Crippen molar-refractivity contribution in [2.75, 3.05) is 0 Å². The van der Waals surface area contributed by atoms with E-state index in [-0.39, 0.29) is 0 Å². The summed E-state index contributed by atoms with van der Waals surface area (Å²) < 4.78 is 0.